The van der Waals surface area contributed by atoms with Crippen LogP contribution in [0.2, 0.25) is 0 Å². The Labute approximate surface area is 106 Å². The Hall–Kier alpha value is -1.19. The van der Waals surface area contributed by atoms with Crippen LogP contribution in [0.5, 0.6) is 0 Å². The standard InChI is InChI=1S/C14H16BNS/c1-3-7-13(8-4-1)15(16-11-12-17-15)14-9-5-2-6-10-14/h1-10H,11-12,16H2. The van der Waals surface area contributed by atoms with Crippen LogP contribution in [-0.2, 0) is 0 Å². The molecule has 2 aromatic rings. The van der Waals surface area contributed by atoms with Gasteiger partial charge in [-0.2, -0.15) is 0 Å². The molecular weight excluding hydrogens is 225 g/mol. The molecule has 0 atom stereocenters. The summed E-state index contributed by atoms with van der Waals surface area (Å²) in [5, 5.41) is 2.52. The number of nitrogens with two attached hydrogens (primary N) is 1. The monoisotopic (exact) mass is 241 g/mol. The first-order valence-corrected chi connectivity index (χ1v) is 7.21. The highest BCUT2D eigenvalue weighted by molar-refractivity contribution is 8.30. The molecule has 1 heterocycles. The number of rotatable bonds is 2. The van der Waals surface area contributed by atoms with E-state index in [-0.39, 0.29) is 0 Å². The van der Waals surface area contributed by atoms with Crippen molar-refractivity contribution in [3.63, 3.8) is 0 Å². The summed E-state index contributed by atoms with van der Waals surface area (Å²) < 4.78 is 0. The molecule has 0 unspecified atom stereocenters. The zero-order valence-electron chi connectivity index (χ0n) is 9.75. The van der Waals surface area contributed by atoms with Gasteiger partial charge in [0.25, 0.3) is 0 Å². The van der Waals surface area contributed by atoms with Crippen molar-refractivity contribution in [1.29, 1.82) is 0 Å². The molecule has 0 spiro atoms. The maximum absolute atomic E-state index is 2.52. The molecule has 0 amide bonds. The van der Waals surface area contributed by atoms with E-state index in [2.05, 4.69) is 77.5 Å². The van der Waals surface area contributed by atoms with E-state index in [0.717, 1.165) is 0 Å². The van der Waals surface area contributed by atoms with Gasteiger partial charge in [0.1, 0.15) is 0 Å². The van der Waals surface area contributed by atoms with E-state index in [1.807, 2.05) is 0 Å². The van der Waals surface area contributed by atoms with Gasteiger partial charge in [-0.1, -0.05) is 60.7 Å². The van der Waals surface area contributed by atoms with Crippen LogP contribution in [0.3, 0.4) is 0 Å². The molecule has 0 saturated carbocycles. The molecule has 1 aliphatic rings. The fourth-order valence-corrected chi connectivity index (χ4v) is 4.37. The molecule has 3 rings (SSSR count). The zero-order chi connectivity index (χ0) is 11.6. The summed E-state index contributed by atoms with van der Waals surface area (Å²) in [6.07, 6.45) is 0. The Morgan fingerprint density at radius 2 is 1.35 bits per heavy atom. The lowest BCUT2D eigenvalue weighted by Crippen LogP contribution is -3.03. The molecule has 1 nitrogen and oxygen atoms in total. The highest BCUT2D eigenvalue weighted by Gasteiger charge is 2.38. The Balaban J connectivity index is 2.11. The summed E-state index contributed by atoms with van der Waals surface area (Å²) in [6.45, 7) is 1.22. The molecule has 0 radical (unpaired) electrons. The van der Waals surface area contributed by atoms with E-state index in [9.17, 15) is 0 Å². The third-order valence-electron chi connectivity index (χ3n) is 3.59. The van der Waals surface area contributed by atoms with Crippen molar-refractivity contribution in [2.45, 2.75) is 0 Å². The zero-order valence-corrected chi connectivity index (χ0v) is 10.6. The number of hydrogen-bond acceptors (Lipinski definition) is 1. The summed E-state index contributed by atoms with van der Waals surface area (Å²) in [5.41, 5.74) is 2.24. The molecule has 1 aliphatic heterocycles. The van der Waals surface area contributed by atoms with E-state index >= 15 is 0 Å². The average molecular weight is 241 g/mol. The van der Waals surface area contributed by atoms with Gasteiger partial charge in [0.2, 0.25) is 0 Å². The molecule has 0 bridgehead atoms. The van der Waals surface area contributed by atoms with Crippen LogP contribution in [0, 0.1) is 0 Å². The first-order chi connectivity index (χ1) is 8.42. The van der Waals surface area contributed by atoms with E-state index < -0.39 is 5.56 Å². The minimum absolute atomic E-state index is 0.677. The maximum atomic E-state index is 2.52. The van der Waals surface area contributed by atoms with Crippen molar-refractivity contribution in [2.75, 3.05) is 12.3 Å². The van der Waals surface area contributed by atoms with Crippen LogP contribution >= 0.6 is 11.6 Å². The van der Waals surface area contributed by atoms with Crippen molar-refractivity contribution in [3.05, 3.63) is 60.7 Å². The molecule has 17 heavy (non-hydrogen) atoms. The minimum atomic E-state index is -0.677. The van der Waals surface area contributed by atoms with Crippen LogP contribution < -0.4 is 16.2 Å². The van der Waals surface area contributed by atoms with Gasteiger partial charge in [0.05, 0.1) is 0 Å². The summed E-state index contributed by atoms with van der Waals surface area (Å²) >= 11 is 2.10. The van der Waals surface area contributed by atoms with E-state index in [1.165, 1.54) is 23.2 Å². The van der Waals surface area contributed by atoms with E-state index in [4.69, 9.17) is 0 Å². The van der Waals surface area contributed by atoms with Crippen molar-refractivity contribution < 1.29 is 5.23 Å². The van der Waals surface area contributed by atoms with Gasteiger partial charge in [-0.3, -0.25) is 11.6 Å². The molecule has 1 fully saturated rings. The van der Waals surface area contributed by atoms with Gasteiger partial charge in [0.15, 0.2) is 0 Å². The third kappa shape index (κ3) is 1.90. The topological polar surface area (TPSA) is 16.6 Å². The molecule has 0 aromatic heterocycles. The Kier molecular flexibility index (Phi) is 2.95. The second-order valence-corrected chi connectivity index (χ2v) is 6.05. The Bertz CT molecular complexity index is 439. The Morgan fingerprint density at radius 3 is 1.76 bits per heavy atom. The van der Waals surface area contributed by atoms with E-state index in [1.54, 1.807) is 0 Å². The number of benzene rings is 2. The summed E-state index contributed by atoms with van der Waals surface area (Å²) in [5.74, 6) is 1.24. The molecule has 2 N–H and O–H groups in total. The molecular formula is C14H16BNS. The van der Waals surface area contributed by atoms with Gasteiger partial charge in [-0.05, 0) is 0 Å². The maximum Gasteiger partial charge on any atom is 0.315 e. The smallest absolute Gasteiger partial charge is 0.315 e. The van der Waals surface area contributed by atoms with Crippen LogP contribution in [0.25, 0.3) is 0 Å². The minimum Gasteiger partial charge on any atom is -0.519 e. The predicted octanol–water partition coefficient (Wildman–Crippen LogP) is 0.553. The predicted molar refractivity (Wildman–Crippen MR) is 77.2 cm³/mol. The Morgan fingerprint density at radius 1 is 0.824 bits per heavy atom. The van der Waals surface area contributed by atoms with Crippen molar-refractivity contribution in [2.24, 2.45) is 0 Å². The SMILES string of the molecule is c1ccc([B-]2(c3ccccc3)[NH2+]CCS2)cc1. The van der Waals surface area contributed by atoms with Crippen molar-refractivity contribution in [1.82, 2.24) is 0 Å². The van der Waals surface area contributed by atoms with Gasteiger partial charge < -0.3 is 5.23 Å². The van der Waals surface area contributed by atoms with Gasteiger partial charge in [-0.25, -0.2) is 0 Å². The lowest BCUT2D eigenvalue weighted by molar-refractivity contribution is -0.511. The number of quaternary nitrogens is 1. The molecule has 86 valence electrons. The van der Waals surface area contributed by atoms with Crippen molar-refractivity contribution in [3.8, 4) is 0 Å². The van der Waals surface area contributed by atoms with Crippen LogP contribution in [0.1, 0.15) is 0 Å². The number of hydrogen-bond donors (Lipinski definition) is 1. The molecule has 2 aromatic carbocycles. The first-order valence-electron chi connectivity index (χ1n) is 6.16. The molecule has 3 heteroatoms. The first kappa shape index (κ1) is 10.9. The highest BCUT2D eigenvalue weighted by Crippen LogP contribution is 2.16. The fourth-order valence-electron chi connectivity index (χ4n) is 2.76. The summed E-state index contributed by atoms with van der Waals surface area (Å²) in [7, 11) is 0. The summed E-state index contributed by atoms with van der Waals surface area (Å²) in [6, 6.07) is 21.8. The average Bonchev–Trinajstić information content (AvgIpc) is 2.91. The largest absolute Gasteiger partial charge is 0.519 e. The van der Waals surface area contributed by atoms with Crippen LogP contribution in [0.15, 0.2) is 60.7 Å². The van der Waals surface area contributed by atoms with Gasteiger partial charge in [-0.15, -0.1) is 10.9 Å². The van der Waals surface area contributed by atoms with Crippen LogP contribution in [-0.4, -0.2) is 17.9 Å². The fraction of sp³-hybridized carbons (Fsp3) is 0.143. The second-order valence-electron chi connectivity index (χ2n) is 4.57. The van der Waals surface area contributed by atoms with Gasteiger partial charge in [0, 0.05) is 12.3 Å². The van der Waals surface area contributed by atoms with Gasteiger partial charge >= 0.3 is 5.56 Å². The van der Waals surface area contributed by atoms with E-state index in [0.29, 0.717) is 0 Å². The van der Waals surface area contributed by atoms with Crippen molar-refractivity contribution >= 4 is 28.1 Å². The summed E-state index contributed by atoms with van der Waals surface area (Å²) in [4.78, 5) is 0. The second kappa shape index (κ2) is 4.59. The lowest BCUT2D eigenvalue weighted by Gasteiger charge is -2.31. The normalized spacial score (nSPS) is 18.1. The molecule has 1 saturated heterocycles. The quantitative estimate of drug-likeness (QED) is 0.760. The van der Waals surface area contributed by atoms with Crippen LogP contribution in [0.4, 0.5) is 0 Å². The third-order valence-corrected chi connectivity index (χ3v) is 5.32. The molecule has 0 aliphatic carbocycles. The highest BCUT2D eigenvalue weighted by atomic mass is 32.2. The lowest BCUT2D eigenvalue weighted by atomic mass is 9.48.